The molecule has 3 N–H and O–H groups in total. The number of ether oxygens (including phenoxy) is 1. The average Bonchev–Trinajstić information content (AvgIpc) is 1.70. The lowest BCUT2D eigenvalue weighted by Crippen LogP contribution is -2.58. The van der Waals surface area contributed by atoms with E-state index in [1.54, 1.807) is 72.5 Å². The molecule has 11 rings (SSSR count). The SMILES string of the molecule is Cc1ncsc1-c1ccc([C@H](C)NC(=O)[C@@H]2C[C@@H](O)CN2C(=O)[C@@H](NC(=O)CC(=O)N2CCN(C(=O)C3(C)CCC(c4ccc(Cl)cc4)=C(CN4CCN(c5ccc(C(=O)CS(=O)(=O)c6ccc(C[C@H](CCN7CCOCC7)CSc7ccccc7)c(S(C)(=O)=O)c6)cc5)CC4)C3)CC2)C(C)(C)C)cc1. The van der Waals surface area contributed by atoms with Crippen molar-refractivity contribution in [1.29, 1.82) is 0 Å². The van der Waals surface area contributed by atoms with Crippen molar-refractivity contribution in [2.45, 2.75) is 125 Å². The highest BCUT2D eigenvalue weighted by atomic mass is 35.5. The second kappa shape index (κ2) is 34.3. The molecule has 6 aromatic rings. The summed E-state index contributed by atoms with van der Waals surface area (Å²) in [5.74, 6) is -2.67. The number of β-amino-alcohol motifs (C(OH)–C–C–N with tert-alkyl or cyclic N) is 1. The lowest BCUT2D eigenvalue weighted by atomic mass is 9.70. The van der Waals surface area contributed by atoms with Gasteiger partial charge in [0.2, 0.25) is 29.5 Å². The third kappa shape index (κ3) is 20.1. The van der Waals surface area contributed by atoms with Crippen LogP contribution in [0.4, 0.5) is 5.69 Å². The third-order valence-corrected chi connectivity index (χ3v) is 26.4. The van der Waals surface area contributed by atoms with E-state index in [0.29, 0.717) is 82.2 Å². The van der Waals surface area contributed by atoms with E-state index < -0.39 is 96.3 Å². The number of carbonyl (C=O) groups is 6. The van der Waals surface area contributed by atoms with Crippen molar-refractivity contribution < 1.29 is 55.4 Å². The molecule has 21 nitrogen and oxygen atoms in total. The van der Waals surface area contributed by atoms with E-state index in [1.165, 1.54) is 22.6 Å². The van der Waals surface area contributed by atoms with Gasteiger partial charge in [0.15, 0.2) is 25.5 Å². The Kier molecular flexibility index (Phi) is 25.7. The van der Waals surface area contributed by atoms with E-state index in [-0.39, 0.29) is 66.3 Å². The van der Waals surface area contributed by atoms with E-state index in [9.17, 15) is 50.7 Å². The first-order chi connectivity index (χ1) is 50.0. The summed E-state index contributed by atoms with van der Waals surface area (Å²) in [5, 5.41) is 17.3. The van der Waals surface area contributed by atoms with Gasteiger partial charge >= 0.3 is 0 Å². The Balaban J connectivity index is 0.664. The minimum Gasteiger partial charge on any atom is -0.391 e. The van der Waals surface area contributed by atoms with Crippen molar-refractivity contribution >= 4 is 101 Å². The standard InChI is InChI=1S/C79H98ClN9O12S4/c1-53(56-13-15-59(16-14-56)73-54(2)81-52-103-73)82-75(94)68-44-64(90)49-89(68)76(95)74(78(3,4)5)83-71(92)46-72(93)87-35-37-88(38-36-87)77(96)79(6)29-27-67(57-17-22-62(80)23-18-57)61(47-79)48-85-31-33-86(34-32-85)63-24-19-58(20-25-63)69(91)51-105(99,100)66-26-21-60(70(45-66)104(7,97)98)43-55(28-30-84-39-41-101-42-40-84)50-102-65-11-9-8-10-12-65/h8-26,45,52-53,55,64,68,74,90H,27-44,46-51H2,1-7H3,(H,82,94)(H,83,92)/t53-,55-,64+,68-,74+,79?/m0/s1. The largest absolute Gasteiger partial charge is 0.391 e. The van der Waals surface area contributed by atoms with Crippen molar-refractivity contribution in [2.24, 2.45) is 16.7 Å². The van der Waals surface area contributed by atoms with Crippen molar-refractivity contribution in [3.05, 3.63) is 165 Å². The molecule has 6 atom stereocenters. The number of hydrogen-bond acceptors (Lipinski definition) is 18. The average molecular weight is 1530 g/mol. The van der Waals surface area contributed by atoms with Crippen LogP contribution in [0.1, 0.15) is 112 Å². The van der Waals surface area contributed by atoms with Crippen molar-refractivity contribution in [1.82, 2.24) is 40.1 Å². The monoisotopic (exact) mass is 1530 g/mol. The molecule has 5 aromatic carbocycles. The summed E-state index contributed by atoms with van der Waals surface area (Å²) in [7, 11) is -8.13. The zero-order valence-corrected chi connectivity index (χ0v) is 65.1. The number of aliphatic hydroxyl groups is 1. The first-order valence-electron chi connectivity index (χ1n) is 36.3. The van der Waals surface area contributed by atoms with Crippen molar-refractivity contribution in [2.75, 3.05) is 121 Å². The molecule has 5 heterocycles. The number of rotatable bonds is 26. The molecule has 105 heavy (non-hydrogen) atoms. The number of amides is 5. The molecule has 0 saturated carbocycles. The van der Waals surface area contributed by atoms with Gasteiger partial charge in [-0.1, -0.05) is 106 Å². The molecule has 1 aromatic heterocycles. The Hall–Kier alpha value is -7.33. The lowest BCUT2D eigenvalue weighted by Gasteiger charge is -2.43. The number of allylic oxidation sites excluding steroid dienone is 1. The maximum Gasteiger partial charge on any atom is 0.246 e. The van der Waals surface area contributed by atoms with Gasteiger partial charge in [-0.2, -0.15) is 0 Å². The number of morpholine rings is 1. The summed E-state index contributed by atoms with van der Waals surface area (Å²) < 4.78 is 60.4. The number of hydrogen-bond donors (Lipinski definition) is 3. The molecule has 26 heteroatoms. The Morgan fingerprint density at radius 1 is 0.800 bits per heavy atom. The number of aliphatic hydroxyl groups excluding tert-OH is 1. The Labute approximate surface area is 631 Å². The number of benzene rings is 5. The van der Waals surface area contributed by atoms with Crippen LogP contribution in [0, 0.1) is 23.7 Å². The summed E-state index contributed by atoms with van der Waals surface area (Å²) in [6, 6.07) is 34.3. The number of aryl methyl sites for hydroxylation is 1. The van der Waals surface area contributed by atoms with Crippen LogP contribution in [-0.4, -0.2) is 221 Å². The number of thiazole rings is 1. The predicted octanol–water partition coefficient (Wildman–Crippen LogP) is 9.70. The van der Waals surface area contributed by atoms with Gasteiger partial charge < -0.3 is 40.1 Å². The lowest BCUT2D eigenvalue weighted by molar-refractivity contribution is -0.148. The van der Waals surface area contributed by atoms with Crippen LogP contribution in [0.3, 0.4) is 0 Å². The van der Waals surface area contributed by atoms with Gasteiger partial charge in [-0.15, -0.1) is 23.1 Å². The van der Waals surface area contributed by atoms with E-state index >= 15 is 0 Å². The molecule has 1 aliphatic carbocycles. The number of sulfone groups is 2. The molecule has 5 aliphatic rings. The number of piperazine rings is 2. The molecule has 4 aliphatic heterocycles. The van der Waals surface area contributed by atoms with Crippen LogP contribution < -0.4 is 15.5 Å². The number of anilines is 1. The maximum absolute atomic E-state index is 14.8. The van der Waals surface area contributed by atoms with E-state index in [0.717, 1.165) is 81.5 Å². The first kappa shape index (κ1) is 78.7. The number of aromatic nitrogens is 1. The van der Waals surface area contributed by atoms with Gasteiger partial charge in [0, 0.05) is 118 Å². The Morgan fingerprint density at radius 3 is 2.11 bits per heavy atom. The second-order valence-corrected chi connectivity index (χ2v) is 36.4. The van der Waals surface area contributed by atoms with Crippen LogP contribution in [0.2, 0.25) is 5.02 Å². The van der Waals surface area contributed by atoms with Gasteiger partial charge in [-0.05, 0) is 152 Å². The molecular formula is C79H98ClN9O12S4. The van der Waals surface area contributed by atoms with Crippen LogP contribution >= 0.6 is 34.7 Å². The Bertz CT molecular complexity index is 4360. The number of halogens is 1. The van der Waals surface area contributed by atoms with Crippen molar-refractivity contribution in [3.8, 4) is 10.4 Å². The molecule has 0 bridgehead atoms. The van der Waals surface area contributed by atoms with Crippen LogP contribution in [-0.2, 0) is 54.8 Å². The molecule has 0 spiro atoms. The molecule has 5 amide bonds. The summed E-state index contributed by atoms with van der Waals surface area (Å²) in [4.78, 5) is 103. The third-order valence-electron chi connectivity index (χ3n) is 21.1. The molecule has 562 valence electrons. The van der Waals surface area contributed by atoms with Gasteiger partial charge in [0.25, 0.3) is 0 Å². The van der Waals surface area contributed by atoms with E-state index in [1.807, 2.05) is 105 Å². The number of carbonyl (C=O) groups excluding carboxylic acids is 6. The zero-order valence-electron chi connectivity index (χ0n) is 61.1. The summed E-state index contributed by atoms with van der Waals surface area (Å²) >= 11 is 9.66. The number of ketones is 1. The van der Waals surface area contributed by atoms with Gasteiger partial charge in [-0.25, -0.2) is 21.8 Å². The molecule has 1 unspecified atom stereocenters. The van der Waals surface area contributed by atoms with Gasteiger partial charge in [-0.3, -0.25) is 38.6 Å². The highest BCUT2D eigenvalue weighted by Gasteiger charge is 2.46. The second-order valence-electron chi connectivity index (χ2n) is 30.0. The smallest absolute Gasteiger partial charge is 0.246 e. The number of Topliss-reactive ketones (excluding diaryl/α,β-unsaturated/α-hetero) is 1. The number of thioether (sulfide) groups is 1. The molecule has 4 saturated heterocycles. The number of likely N-dealkylation sites (tertiary alicyclic amines) is 1. The van der Waals surface area contributed by atoms with Crippen molar-refractivity contribution in [3.63, 3.8) is 0 Å². The minimum atomic E-state index is -4.26. The van der Waals surface area contributed by atoms with Gasteiger partial charge in [0.05, 0.1) is 56.6 Å². The predicted molar refractivity (Wildman–Crippen MR) is 412 cm³/mol. The topological polar surface area (TPSA) is 257 Å². The number of nitrogens with zero attached hydrogens (tertiary/aromatic N) is 7. The fraction of sp³-hybridized carbons (Fsp3) is 0.481. The summed E-state index contributed by atoms with van der Waals surface area (Å²) in [5.41, 5.74) is 8.06. The first-order valence-corrected chi connectivity index (χ1v) is 42.0. The fourth-order valence-electron chi connectivity index (χ4n) is 14.9. The minimum absolute atomic E-state index is 0.000145. The normalized spacial score (nSPS) is 20.4. The van der Waals surface area contributed by atoms with Crippen LogP contribution in [0.15, 0.2) is 147 Å². The van der Waals surface area contributed by atoms with Gasteiger partial charge in [0.1, 0.15) is 24.3 Å². The highest BCUT2D eigenvalue weighted by molar-refractivity contribution is 7.99. The summed E-state index contributed by atoms with van der Waals surface area (Å²) in [6.45, 7) is 19.3. The molecule has 4 fully saturated rings. The molecule has 0 radical (unpaired) electrons. The highest BCUT2D eigenvalue weighted by Crippen LogP contribution is 2.45. The maximum atomic E-state index is 14.8. The fourth-order valence-corrected chi connectivity index (χ4v) is 19.2. The number of nitrogens with one attached hydrogen (secondary N) is 2. The quantitative estimate of drug-likeness (QED) is 0.0259. The molecular weight excluding hydrogens is 1430 g/mol. The Morgan fingerprint density at radius 2 is 1.47 bits per heavy atom. The summed E-state index contributed by atoms with van der Waals surface area (Å²) in [6.07, 6.45) is 2.65. The zero-order chi connectivity index (χ0) is 75.0. The van der Waals surface area contributed by atoms with E-state index in [2.05, 4.69) is 42.5 Å². The van der Waals surface area contributed by atoms with Crippen LogP contribution in [0.25, 0.3) is 16.0 Å². The van der Waals surface area contributed by atoms with Crippen LogP contribution in [0.5, 0.6) is 0 Å². The van der Waals surface area contributed by atoms with E-state index in [4.69, 9.17) is 16.3 Å².